The van der Waals surface area contributed by atoms with Crippen LogP contribution in [0.25, 0.3) is 16.8 Å². The molecule has 0 atom stereocenters. The molecule has 0 spiro atoms. The van der Waals surface area contributed by atoms with Gasteiger partial charge in [-0.25, -0.2) is 0 Å². The molecule has 0 saturated carbocycles. The van der Waals surface area contributed by atoms with E-state index in [1.54, 1.807) is 0 Å². The first-order valence-electron chi connectivity index (χ1n) is 8.50. The number of carbonyl (C=O) groups is 1. The van der Waals surface area contributed by atoms with Gasteiger partial charge in [0.25, 0.3) is 5.24 Å². The molecule has 136 valence electrons. The van der Waals surface area contributed by atoms with E-state index in [2.05, 4.69) is 10.6 Å². The van der Waals surface area contributed by atoms with E-state index in [-0.39, 0.29) is 11.1 Å². The van der Waals surface area contributed by atoms with Crippen LogP contribution < -0.4 is 15.4 Å². The fourth-order valence-electron chi connectivity index (χ4n) is 3.40. The summed E-state index contributed by atoms with van der Waals surface area (Å²) in [6.45, 7) is 4.44. The summed E-state index contributed by atoms with van der Waals surface area (Å²) in [5, 5.41) is 14.0. The third kappa shape index (κ3) is 2.93. The average Bonchev–Trinajstić information content (AvgIpc) is 3.17. The van der Waals surface area contributed by atoms with Crippen molar-refractivity contribution in [2.24, 2.45) is 0 Å². The highest BCUT2D eigenvalue weighted by Gasteiger charge is 2.35. The van der Waals surface area contributed by atoms with Crippen LogP contribution in [0.2, 0.25) is 0 Å². The molecule has 0 radical (unpaired) electrons. The van der Waals surface area contributed by atoms with E-state index in [0.717, 1.165) is 34.0 Å². The zero-order valence-corrected chi connectivity index (χ0v) is 16.4. The van der Waals surface area contributed by atoms with Gasteiger partial charge in [0.05, 0.1) is 22.8 Å². The van der Waals surface area contributed by atoms with Crippen LogP contribution in [0.4, 0.5) is 4.79 Å². The van der Waals surface area contributed by atoms with Gasteiger partial charge in [-0.15, -0.1) is 0 Å². The number of benzene rings is 2. The first kappa shape index (κ1) is 17.8. The van der Waals surface area contributed by atoms with Gasteiger partial charge in [0.1, 0.15) is 16.6 Å². The van der Waals surface area contributed by atoms with Gasteiger partial charge in [-0.1, -0.05) is 42.5 Å². The number of rotatable bonds is 3. The molecule has 2 aliphatic heterocycles. The Balaban J connectivity index is 2.02. The summed E-state index contributed by atoms with van der Waals surface area (Å²) in [7, 11) is 0. The van der Waals surface area contributed by atoms with Crippen molar-refractivity contribution in [3.8, 4) is 16.9 Å². The number of carbonyl (C=O) groups excluding carboxylic acids is 1. The van der Waals surface area contributed by atoms with E-state index in [4.69, 9.17) is 22.4 Å². The van der Waals surface area contributed by atoms with Crippen molar-refractivity contribution in [2.75, 3.05) is 6.61 Å². The Morgan fingerprint density at radius 3 is 2.56 bits per heavy atom. The number of amides is 1. The summed E-state index contributed by atoms with van der Waals surface area (Å²) in [5.41, 5.74) is 5.38. The standard InChI is InChI=1S/C20H17N3O2S2/c1-3-25-13-9-12(11-7-5-4-6-8-11)10(2)14-15(13)18(21)22-16(14)17-19(26)23-20(24)27-17/h4-9H,3H2,1-2H3,(H2,21,22)(H,23,24,26). The maximum absolute atomic E-state index is 11.8. The molecule has 0 bridgehead atoms. The lowest BCUT2D eigenvalue weighted by molar-refractivity contribution is 0.265. The molecular formula is C20H17N3O2S2. The Kier molecular flexibility index (Phi) is 4.49. The van der Waals surface area contributed by atoms with Gasteiger partial charge in [0, 0.05) is 5.56 Å². The van der Waals surface area contributed by atoms with Crippen molar-refractivity contribution in [2.45, 2.75) is 13.8 Å². The zero-order chi connectivity index (χ0) is 19.1. The quantitative estimate of drug-likeness (QED) is 0.529. The summed E-state index contributed by atoms with van der Waals surface area (Å²) < 4.78 is 5.87. The van der Waals surface area contributed by atoms with Gasteiger partial charge in [-0.3, -0.25) is 10.2 Å². The second-order valence-corrected chi connectivity index (χ2v) is 7.54. The molecule has 27 heavy (non-hydrogen) atoms. The Morgan fingerprint density at radius 2 is 1.93 bits per heavy atom. The van der Waals surface area contributed by atoms with Crippen LogP contribution in [0, 0.1) is 12.3 Å². The molecule has 5 nitrogen and oxygen atoms in total. The SMILES string of the molecule is CCOc1cc(-c2ccccc2)c(C)c2c1C(=N)NC2=C1SC(=O)NC1=S. The van der Waals surface area contributed by atoms with E-state index < -0.39 is 0 Å². The molecule has 1 fully saturated rings. The predicted molar refractivity (Wildman–Crippen MR) is 113 cm³/mol. The fourth-order valence-corrected chi connectivity index (χ4v) is 4.53. The largest absolute Gasteiger partial charge is 0.493 e. The number of hydrogen-bond donors (Lipinski definition) is 3. The van der Waals surface area contributed by atoms with Gasteiger partial charge in [0.2, 0.25) is 0 Å². The minimum atomic E-state index is -0.203. The van der Waals surface area contributed by atoms with Crippen molar-refractivity contribution in [3.05, 3.63) is 58.0 Å². The molecule has 1 saturated heterocycles. The Hall–Kier alpha value is -2.64. The maximum Gasteiger partial charge on any atom is 0.289 e. The van der Waals surface area contributed by atoms with Crippen molar-refractivity contribution in [1.29, 1.82) is 5.41 Å². The number of thiocarbonyl (C=S) groups is 1. The van der Waals surface area contributed by atoms with Crippen molar-refractivity contribution in [3.63, 3.8) is 0 Å². The van der Waals surface area contributed by atoms with E-state index >= 15 is 0 Å². The number of hydrogen-bond acceptors (Lipinski definition) is 5. The Labute approximate surface area is 166 Å². The Bertz CT molecular complexity index is 1030. The molecule has 0 aliphatic carbocycles. The molecule has 4 rings (SSSR count). The van der Waals surface area contributed by atoms with Crippen LogP contribution in [0.1, 0.15) is 23.6 Å². The van der Waals surface area contributed by atoms with E-state index in [0.29, 0.717) is 33.5 Å². The number of amidine groups is 1. The average molecular weight is 396 g/mol. The normalized spacial score (nSPS) is 18.4. The lowest BCUT2D eigenvalue weighted by Crippen LogP contribution is -2.19. The number of fused-ring (bicyclic) bond motifs is 1. The van der Waals surface area contributed by atoms with Crippen LogP contribution in [0.15, 0.2) is 41.3 Å². The van der Waals surface area contributed by atoms with Crippen LogP contribution in [-0.4, -0.2) is 22.7 Å². The monoisotopic (exact) mass is 395 g/mol. The van der Waals surface area contributed by atoms with E-state index in [1.807, 2.05) is 50.2 Å². The number of thioether (sulfide) groups is 1. The topological polar surface area (TPSA) is 74.2 Å². The number of ether oxygens (including phenoxy) is 1. The van der Waals surface area contributed by atoms with Crippen LogP contribution in [0.5, 0.6) is 5.75 Å². The second kappa shape index (κ2) is 6.83. The van der Waals surface area contributed by atoms with Crippen LogP contribution in [0.3, 0.4) is 0 Å². The Morgan fingerprint density at radius 1 is 1.19 bits per heavy atom. The highest BCUT2D eigenvalue weighted by atomic mass is 32.2. The summed E-state index contributed by atoms with van der Waals surface area (Å²) >= 11 is 6.38. The van der Waals surface area contributed by atoms with Crippen LogP contribution >= 0.6 is 24.0 Å². The van der Waals surface area contributed by atoms with Gasteiger partial charge < -0.3 is 15.4 Å². The zero-order valence-electron chi connectivity index (χ0n) is 14.8. The highest BCUT2D eigenvalue weighted by molar-refractivity contribution is 8.19. The van der Waals surface area contributed by atoms with E-state index in [9.17, 15) is 4.79 Å². The molecule has 2 aromatic rings. The molecule has 2 heterocycles. The third-order valence-corrected chi connectivity index (χ3v) is 5.86. The van der Waals surface area contributed by atoms with Gasteiger partial charge in [0.15, 0.2) is 0 Å². The van der Waals surface area contributed by atoms with E-state index in [1.165, 1.54) is 0 Å². The summed E-state index contributed by atoms with van der Waals surface area (Å²) in [6.07, 6.45) is 0. The molecular weight excluding hydrogens is 378 g/mol. The predicted octanol–water partition coefficient (Wildman–Crippen LogP) is 4.44. The molecule has 0 unspecified atom stereocenters. The van der Waals surface area contributed by atoms with Crippen molar-refractivity contribution in [1.82, 2.24) is 10.6 Å². The minimum absolute atomic E-state index is 0.203. The molecule has 2 aromatic carbocycles. The maximum atomic E-state index is 11.8. The van der Waals surface area contributed by atoms with Gasteiger partial charge in [-0.05, 0) is 48.4 Å². The van der Waals surface area contributed by atoms with Gasteiger partial charge in [-0.2, -0.15) is 0 Å². The fraction of sp³-hybridized carbons (Fsp3) is 0.150. The lowest BCUT2D eigenvalue weighted by atomic mass is 9.91. The molecule has 0 aromatic heterocycles. The molecule has 2 aliphatic rings. The first-order chi connectivity index (χ1) is 13.0. The molecule has 3 N–H and O–H groups in total. The third-order valence-electron chi connectivity index (χ3n) is 4.53. The second-order valence-electron chi connectivity index (χ2n) is 6.14. The van der Waals surface area contributed by atoms with Crippen molar-refractivity contribution < 1.29 is 9.53 Å². The molecule has 7 heteroatoms. The van der Waals surface area contributed by atoms with Crippen molar-refractivity contribution >= 4 is 45.7 Å². The van der Waals surface area contributed by atoms with Crippen LogP contribution in [-0.2, 0) is 0 Å². The smallest absolute Gasteiger partial charge is 0.289 e. The van der Waals surface area contributed by atoms with Gasteiger partial charge >= 0.3 is 0 Å². The number of nitrogens with one attached hydrogen (secondary N) is 3. The summed E-state index contributed by atoms with van der Waals surface area (Å²) in [4.78, 5) is 12.8. The molecule has 1 amide bonds. The highest BCUT2D eigenvalue weighted by Crippen LogP contribution is 2.43. The first-order valence-corrected chi connectivity index (χ1v) is 9.73. The minimum Gasteiger partial charge on any atom is -0.493 e. The summed E-state index contributed by atoms with van der Waals surface area (Å²) in [5.74, 6) is 0.902. The summed E-state index contributed by atoms with van der Waals surface area (Å²) in [6, 6.07) is 12.0. The lowest BCUT2D eigenvalue weighted by Gasteiger charge is -2.16.